The van der Waals surface area contributed by atoms with E-state index in [0.29, 0.717) is 0 Å². The van der Waals surface area contributed by atoms with Crippen molar-refractivity contribution in [3.05, 3.63) is 30.3 Å². The zero-order valence-corrected chi connectivity index (χ0v) is 10.1. The van der Waals surface area contributed by atoms with Gasteiger partial charge in [0.25, 0.3) is 15.9 Å². The second kappa shape index (κ2) is 4.27. The molecule has 0 spiro atoms. The summed E-state index contributed by atoms with van der Waals surface area (Å²) in [5.41, 5.74) is 5.46. The molecule has 2 aromatic rings. The zero-order chi connectivity index (χ0) is 13.3. The molecule has 18 heavy (non-hydrogen) atoms. The summed E-state index contributed by atoms with van der Waals surface area (Å²) in [4.78, 5) is 15.6. The summed E-state index contributed by atoms with van der Waals surface area (Å²) in [6.07, 6.45) is 2.70. The molecule has 0 saturated carbocycles. The highest BCUT2D eigenvalue weighted by molar-refractivity contribution is 7.89. The molecule has 0 unspecified atom stereocenters. The minimum atomic E-state index is -3.71. The number of carbonyl (C=O) groups excluding carboxylic acids is 1. The molecule has 0 aliphatic rings. The van der Waals surface area contributed by atoms with Gasteiger partial charge in [-0.1, -0.05) is 0 Å². The predicted molar refractivity (Wildman–Crippen MR) is 61.3 cm³/mol. The van der Waals surface area contributed by atoms with E-state index in [2.05, 4.69) is 9.71 Å². The number of nitrogens with two attached hydrogens (primary N) is 1. The van der Waals surface area contributed by atoms with Gasteiger partial charge >= 0.3 is 0 Å². The third-order valence-corrected chi connectivity index (χ3v) is 3.50. The van der Waals surface area contributed by atoms with Crippen LogP contribution in [0.5, 0.6) is 0 Å². The second-order valence-electron chi connectivity index (χ2n) is 3.29. The van der Waals surface area contributed by atoms with Crippen LogP contribution in [0.15, 0.2) is 34.0 Å². The molecule has 0 aliphatic heterocycles. The molecule has 2 aromatic heterocycles. The van der Waals surface area contributed by atoms with Gasteiger partial charge in [-0.05, 0) is 19.2 Å². The third-order valence-electron chi connectivity index (χ3n) is 2.21. The van der Waals surface area contributed by atoms with E-state index in [0.717, 1.165) is 4.57 Å². The fraction of sp³-hybridized carbons (Fsp3) is 0.111. The number of hydrogen-bond donors (Lipinski definition) is 2. The Morgan fingerprint density at radius 2 is 2.22 bits per heavy atom. The van der Waals surface area contributed by atoms with Crippen molar-refractivity contribution in [2.24, 2.45) is 0 Å². The van der Waals surface area contributed by atoms with Gasteiger partial charge in [0.15, 0.2) is 5.76 Å². The molecule has 0 saturated heterocycles. The van der Waals surface area contributed by atoms with Crippen LogP contribution in [-0.2, 0) is 10.0 Å². The van der Waals surface area contributed by atoms with Gasteiger partial charge in [0.1, 0.15) is 0 Å². The highest BCUT2D eigenvalue weighted by Crippen LogP contribution is 2.15. The molecule has 96 valence electrons. The maximum Gasteiger partial charge on any atom is 0.300 e. The monoisotopic (exact) mass is 270 g/mol. The molecule has 0 radical (unpaired) electrons. The van der Waals surface area contributed by atoms with E-state index in [4.69, 9.17) is 10.2 Å². The van der Waals surface area contributed by atoms with Crippen molar-refractivity contribution in [3.63, 3.8) is 0 Å². The van der Waals surface area contributed by atoms with E-state index >= 15 is 0 Å². The van der Waals surface area contributed by atoms with Crippen LogP contribution in [-0.4, -0.2) is 30.9 Å². The van der Waals surface area contributed by atoms with Crippen molar-refractivity contribution in [1.29, 1.82) is 0 Å². The highest BCUT2D eigenvalue weighted by Gasteiger charge is 2.21. The number of imidazole rings is 1. The van der Waals surface area contributed by atoms with E-state index in [1.165, 1.54) is 31.6 Å². The van der Waals surface area contributed by atoms with E-state index in [1.54, 1.807) is 0 Å². The first-order chi connectivity index (χ1) is 8.45. The largest absolute Gasteiger partial charge is 0.438 e. The molecule has 0 bridgehead atoms. The maximum absolute atomic E-state index is 11.9. The molecule has 0 aromatic carbocycles. The van der Waals surface area contributed by atoms with Crippen LogP contribution >= 0.6 is 0 Å². The van der Waals surface area contributed by atoms with Crippen LogP contribution in [0.25, 0.3) is 0 Å². The van der Waals surface area contributed by atoms with Crippen molar-refractivity contribution >= 4 is 21.9 Å². The number of anilines is 1. The Bertz CT molecular complexity index is 685. The van der Waals surface area contributed by atoms with Gasteiger partial charge in [-0.15, -0.1) is 0 Å². The number of aromatic nitrogens is 2. The van der Waals surface area contributed by atoms with Gasteiger partial charge in [-0.2, -0.15) is 0 Å². The van der Waals surface area contributed by atoms with Crippen LogP contribution in [0.3, 0.4) is 0 Å². The standard InChI is InChI=1S/C9H10N4O4S/c1-11-18(15,16)7-3-2-6(17-7)8(14)13-5-4-12-9(13)10/h2-5,11H,1H3,(H2,10,12). The molecule has 0 amide bonds. The molecule has 0 atom stereocenters. The maximum atomic E-state index is 11.9. The first-order valence-corrected chi connectivity index (χ1v) is 6.31. The van der Waals surface area contributed by atoms with Crippen molar-refractivity contribution in [2.45, 2.75) is 5.09 Å². The van der Waals surface area contributed by atoms with E-state index in [-0.39, 0.29) is 16.8 Å². The molecule has 8 nitrogen and oxygen atoms in total. The van der Waals surface area contributed by atoms with Crippen LogP contribution in [0.2, 0.25) is 0 Å². The van der Waals surface area contributed by atoms with Gasteiger partial charge in [0.2, 0.25) is 11.0 Å². The first kappa shape index (κ1) is 12.3. The van der Waals surface area contributed by atoms with Crippen molar-refractivity contribution in [1.82, 2.24) is 14.3 Å². The Labute approximate surface area is 102 Å². The number of sulfonamides is 1. The van der Waals surface area contributed by atoms with Crippen LogP contribution in [0.4, 0.5) is 5.95 Å². The van der Waals surface area contributed by atoms with Crippen LogP contribution in [0, 0.1) is 0 Å². The second-order valence-corrected chi connectivity index (χ2v) is 5.10. The Kier molecular flexibility index (Phi) is 2.93. The van der Waals surface area contributed by atoms with Gasteiger partial charge in [0, 0.05) is 12.4 Å². The van der Waals surface area contributed by atoms with Crippen molar-refractivity contribution in [2.75, 3.05) is 12.8 Å². The summed E-state index contributed by atoms with van der Waals surface area (Å²) in [6.45, 7) is 0. The number of nitrogens with zero attached hydrogens (tertiary/aromatic N) is 2. The Morgan fingerprint density at radius 3 is 2.78 bits per heavy atom. The molecular formula is C9H10N4O4S. The average molecular weight is 270 g/mol. The fourth-order valence-corrected chi connectivity index (χ4v) is 1.93. The van der Waals surface area contributed by atoms with Crippen molar-refractivity contribution in [3.8, 4) is 0 Å². The molecule has 0 aliphatic carbocycles. The number of furan rings is 1. The lowest BCUT2D eigenvalue weighted by Gasteiger charge is -2.00. The van der Waals surface area contributed by atoms with Crippen LogP contribution < -0.4 is 10.5 Å². The topological polar surface area (TPSA) is 120 Å². The molecule has 2 rings (SSSR count). The smallest absolute Gasteiger partial charge is 0.300 e. The average Bonchev–Trinajstić information content (AvgIpc) is 2.96. The lowest BCUT2D eigenvalue weighted by Crippen LogP contribution is -2.18. The molecule has 9 heteroatoms. The van der Waals surface area contributed by atoms with E-state index in [9.17, 15) is 13.2 Å². The molecule has 2 heterocycles. The number of nitrogen functional groups attached to an aromatic ring is 1. The van der Waals surface area contributed by atoms with E-state index < -0.39 is 15.9 Å². The molecule has 3 N–H and O–H groups in total. The summed E-state index contributed by atoms with van der Waals surface area (Å²) in [5.74, 6) is -0.745. The number of rotatable bonds is 3. The van der Waals surface area contributed by atoms with Gasteiger partial charge in [0.05, 0.1) is 0 Å². The predicted octanol–water partition coefficient (Wildman–Crippen LogP) is -0.345. The highest BCUT2D eigenvalue weighted by atomic mass is 32.2. The Balaban J connectivity index is 2.38. The van der Waals surface area contributed by atoms with E-state index in [1.807, 2.05) is 0 Å². The minimum absolute atomic E-state index is 0.00516. The normalized spacial score (nSPS) is 11.6. The third kappa shape index (κ3) is 2.00. The summed E-state index contributed by atoms with van der Waals surface area (Å²) in [7, 11) is -2.47. The summed E-state index contributed by atoms with van der Waals surface area (Å²) >= 11 is 0. The lowest BCUT2D eigenvalue weighted by atomic mass is 10.4. The summed E-state index contributed by atoms with van der Waals surface area (Å²) in [6, 6.07) is 2.44. The SMILES string of the molecule is CNS(=O)(=O)c1ccc(C(=O)n2ccnc2N)o1. The number of hydrogen-bond acceptors (Lipinski definition) is 6. The Hall–Kier alpha value is -2.13. The van der Waals surface area contributed by atoms with Gasteiger partial charge in [-0.25, -0.2) is 22.7 Å². The van der Waals surface area contributed by atoms with Crippen molar-refractivity contribution < 1.29 is 17.6 Å². The van der Waals surface area contributed by atoms with Crippen LogP contribution in [0.1, 0.15) is 10.6 Å². The number of nitrogens with one attached hydrogen (secondary N) is 1. The summed E-state index contributed by atoms with van der Waals surface area (Å²) in [5, 5.41) is -0.341. The zero-order valence-electron chi connectivity index (χ0n) is 9.32. The molecular weight excluding hydrogens is 260 g/mol. The fourth-order valence-electron chi connectivity index (χ4n) is 1.29. The minimum Gasteiger partial charge on any atom is -0.438 e. The first-order valence-electron chi connectivity index (χ1n) is 4.82. The quantitative estimate of drug-likeness (QED) is 0.786. The Morgan fingerprint density at radius 1 is 1.50 bits per heavy atom. The lowest BCUT2D eigenvalue weighted by molar-refractivity contribution is 0.0929. The molecule has 0 fully saturated rings. The summed E-state index contributed by atoms with van der Waals surface area (Å²) < 4.78 is 31.0. The van der Waals surface area contributed by atoms with Gasteiger partial charge < -0.3 is 10.2 Å². The number of carbonyl (C=O) groups is 1. The van der Waals surface area contributed by atoms with Gasteiger partial charge in [-0.3, -0.25) is 4.79 Å².